The first-order valence-corrected chi connectivity index (χ1v) is 5.31. The lowest BCUT2D eigenvalue weighted by Crippen LogP contribution is -2.39. The molecule has 0 aromatic heterocycles. The predicted octanol–water partition coefficient (Wildman–Crippen LogP) is 0.395. The van der Waals surface area contributed by atoms with E-state index in [0.29, 0.717) is 6.04 Å². The van der Waals surface area contributed by atoms with Crippen molar-refractivity contribution in [3.8, 4) is 0 Å². The maximum absolute atomic E-state index is 8.85. The normalized spacial score (nSPS) is 24.5. The van der Waals surface area contributed by atoms with E-state index in [9.17, 15) is 0 Å². The number of aliphatic hydroxyl groups excluding tert-OH is 1. The Balaban J connectivity index is 2.27. The van der Waals surface area contributed by atoms with E-state index >= 15 is 0 Å². The van der Waals surface area contributed by atoms with Gasteiger partial charge in [-0.15, -0.1) is 0 Å². The Kier molecular flexibility index (Phi) is 4.70. The van der Waals surface area contributed by atoms with Crippen LogP contribution in [0.1, 0.15) is 19.8 Å². The van der Waals surface area contributed by atoms with Crippen molar-refractivity contribution in [2.45, 2.75) is 25.8 Å². The van der Waals surface area contributed by atoms with E-state index in [1.54, 1.807) is 0 Å². The molecule has 1 saturated heterocycles. The van der Waals surface area contributed by atoms with Gasteiger partial charge >= 0.3 is 0 Å². The molecule has 3 heteroatoms. The first-order chi connectivity index (χ1) is 6.27. The maximum atomic E-state index is 8.85. The smallest absolute Gasteiger partial charge is 0.0558 e. The number of aliphatic hydroxyl groups is 1. The fraction of sp³-hybridized carbons (Fsp3) is 1.00. The van der Waals surface area contributed by atoms with Gasteiger partial charge in [-0.3, -0.25) is 4.90 Å². The molecular weight excluding hydrogens is 164 g/mol. The molecule has 0 radical (unpaired) electrons. The van der Waals surface area contributed by atoms with Crippen molar-refractivity contribution in [1.29, 1.82) is 0 Å². The highest BCUT2D eigenvalue weighted by atomic mass is 16.3. The molecule has 0 amide bonds. The van der Waals surface area contributed by atoms with E-state index in [4.69, 9.17) is 5.11 Å². The average molecular weight is 186 g/mol. The summed E-state index contributed by atoms with van der Waals surface area (Å²) in [5.41, 5.74) is 0. The molecule has 1 aliphatic heterocycles. The highest BCUT2D eigenvalue weighted by Crippen LogP contribution is 2.15. The molecule has 0 spiro atoms. The van der Waals surface area contributed by atoms with Crippen molar-refractivity contribution < 1.29 is 5.11 Å². The molecule has 1 heterocycles. The zero-order valence-corrected chi connectivity index (χ0v) is 8.87. The van der Waals surface area contributed by atoms with Crippen LogP contribution < -0.4 is 0 Å². The number of likely N-dealkylation sites (N-methyl/N-ethyl adjacent to an activating group) is 2. The number of rotatable bonds is 5. The van der Waals surface area contributed by atoms with Crippen LogP contribution in [0.25, 0.3) is 0 Å². The summed E-state index contributed by atoms with van der Waals surface area (Å²) in [5, 5.41) is 8.85. The van der Waals surface area contributed by atoms with Crippen LogP contribution in [-0.2, 0) is 0 Å². The largest absolute Gasteiger partial charge is 0.395 e. The Bertz CT molecular complexity index is 141. The zero-order chi connectivity index (χ0) is 9.68. The zero-order valence-electron chi connectivity index (χ0n) is 8.87. The second-order valence-corrected chi connectivity index (χ2v) is 3.89. The Hall–Kier alpha value is -0.120. The molecular formula is C10H22N2O. The molecule has 0 aromatic carbocycles. The van der Waals surface area contributed by atoms with Crippen LogP contribution in [0.3, 0.4) is 0 Å². The Morgan fingerprint density at radius 2 is 2.31 bits per heavy atom. The van der Waals surface area contributed by atoms with Gasteiger partial charge in [-0.1, -0.05) is 6.92 Å². The molecule has 0 aliphatic carbocycles. The van der Waals surface area contributed by atoms with E-state index in [2.05, 4.69) is 23.8 Å². The SMILES string of the molecule is CCN(CCO)CC1CCCN1C. The highest BCUT2D eigenvalue weighted by Gasteiger charge is 2.22. The second-order valence-electron chi connectivity index (χ2n) is 3.89. The number of nitrogens with zero attached hydrogens (tertiary/aromatic N) is 2. The molecule has 1 aliphatic rings. The van der Waals surface area contributed by atoms with Gasteiger partial charge in [0.15, 0.2) is 0 Å². The Morgan fingerprint density at radius 1 is 1.54 bits per heavy atom. The molecule has 3 nitrogen and oxygen atoms in total. The third-order valence-electron chi connectivity index (χ3n) is 3.00. The van der Waals surface area contributed by atoms with Crippen molar-refractivity contribution in [2.75, 3.05) is 39.8 Å². The van der Waals surface area contributed by atoms with E-state index < -0.39 is 0 Å². The van der Waals surface area contributed by atoms with Crippen LogP contribution >= 0.6 is 0 Å². The number of hydrogen-bond donors (Lipinski definition) is 1. The van der Waals surface area contributed by atoms with E-state index in [-0.39, 0.29) is 6.61 Å². The summed E-state index contributed by atoms with van der Waals surface area (Å²) in [4.78, 5) is 4.76. The Labute approximate surface area is 81.3 Å². The number of likely N-dealkylation sites (tertiary alicyclic amines) is 1. The minimum Gasteiger partial charge on any atom is -0.395 e. The van der Waals surface area contributed by atoms with Crippen LogP contribution in [0, 0.1) is 0 Å². The molecule has 1 atom stereocenters. The summed E-state index contributed by atoms with van der Waals surface area (Å²) in [5.74, 6) is 0. The van der Waals surface area contributed by atoms with Gasteiger partial charge in [0.25, 0.3) is 0 Å². The molecule has 0 saturated carbocycles. The third-order valence-corrected chi connectivity index (χ3v) is 3.00. The van der Waals surface area contributed by atoms with Crippen LogP contribution in [-0.4, -0.2) is 60.8 Å². The quantitative estimate of drug-likeness (QED) is 0.673. The summed E-state index contributed by atoms with van der Waals surface area (Å²) in [6.45, 7) is 6.66. The van der Waals surface area contributed by atoms with Crippen molar-refractivity contribution in [2.24, 2.45) is 0 Å². The minimum absolute atomic E-state index is 0.282. The monoisotopic (exact) mass is 186 g/mol. The van der Waals surface area contributed by atoms with Crippen molar-refractivity contribution in [1.82, 2.24) is 9.80 Å². The molecule has 1 N–H and O–H groups in total. The predicted molar refractivity (Wildman–Crippen MR) is 54.9 cm³/mol. The van der Waals surface area contributed by atoms with Gasteiger partial charge in [-0.2, -0.15) is 0 Å². The molecule has 78 valence electrons. The minimum atomic E-state index is 0.282. The Morgan fingerprint density at radius 3 is 2.77 bits per heavy atom. The molecule has 1 fully saturated rings. The van der Waals surface area contributed by atoms with Gasteiger partial charge in [-0.25, -0.2) is 0 Å². The summed E-state index contributed by atoms with van der Waals surface area (Å²) in [6.07, 6.45) is 2.65. The van der Waals surface area contributed by atoms with Gasteiger partial charge < -0.3 is 10.0 Å². The van der Waals surface area contributed by atoms with Crippen molar-refractivity contribution >= 4 is 0 Å². The van der Waals surface area contributed by atoms with E-state index in [1.807, 2.05) is 0 Å². The van der Waals surface area contributed by atoms with Gasteiger partial charge in [0.05, 0.1) is 6.61 Å². The lowest BCUT2D eigenvalue weighted by atomic mass is 10.2. The van der Waals surface area contributed by atoms with Gasteiger partial charge in [0.2, 0.25) is 0 Å². The van der Waals surface area contributed by atoms with Gasteiger partial charge in [0, 0.05) is 19.1 Å². The second kappa shape index (κ2) is 5.58. The van der Waals surface area contributed by atoms with Gasteiger partial charge in [-0.05, 0) is 33.0 Å². The summed E-state index contributed by atoms with van der Waals surface area (Å²) in [6, 6.07) is 0.714. The summed E-state index contributed by atoms with van der Waals surface area (Å²) >= 11 is 0. The first kappa shape index (κ1) is 11.0. The average Bonchev–Trinajstić information content (AvgIpc) is 2.51. The number of hydrogen-bond acceptors (Lipinski definition) is 3. The van der Waals surface area contributed by atoms with Crippen molar-refractivity contribution in [3.63, 3.8) is 0 Å². The first-order valence-electron chi connectivity index (χ1n) is 5.31. The molecule has 13 heavy (non-hydrogen) atoms. The molecule has 0 bridgehead atoms. The van der Waals surface area contributed by atoms with Crippen LogP contribution in [0.5, 0.6) is 0 Å². The summed E-state index contributed by atoms with van der Waals surface area (Å²) in [7, 11) is 2.20. The standard InChI is InChI=1S/C10H22N2O/c1-3-12(7-8-13)9-10-5-4-6-11(10)2/h10,13H,3-9H2,1-2H3. The lowest BCUT2D eigenvalue weighted by molar-refractivity contribution is 0.163. The van der Waals surface area contributed by atoms with Crippen LogP contribution in [0.4, 0.5) is 0 Å². The van der Waals surface area contributed by atoms with E-state index in [0.717, 1.165) is 19.6 Å². The fourth-order valence-electron chi connectivity index (χ4n) is 2.03. The van der Waals surface area contributed by atoms with Crippen molar-refractivity contribution in [3.05, 3.63) is 0 Å². The van der Waals surface area contributed by atoms with Gasteiger partial charge in [0.1, 0.15) is 0 Å². The van der Waals surface area contributed by atoms with Crippen LogP contribution in [0.15, 0.2) is 0 Å². The molecule has 0 aromatic rings. The topological polar surface area (TPSA) is 26.7 Å². The maximum Gasteiger partial charge on any atom is 0.0558 e. The summed E-state index contributed by atoms with van der Waals surface area (Å²) < 4.78 is 0. The van der Waals surface area contributed by atoms with E-state index in [1.165, 1.54) is 19.4 Å². The molecule has 1 rings (SSSR count). The fourth-order valence-corrected chi connectivity index (χ4v) is 2.03. The highest BCUT2D eigenvalue weighted by molar-refractivity contribution is 4.79. The third kappa shape index (κ3) is 3.25. The van der Waals surface area contributed by atoms with Crippen LogP contribution in [0.2, 0.25) is 0 Å². The molecule has 1 unspecified atom stereocenters. The lowest BCUT2D eigenvalue weighted by Gasteiger charge is -2.27.